The lowest BCUT2D eigenvalue weighted by Crippen LogP contribution is -2.16. The molecule has 1 N–H and O–H groups in total. The fourth-order valence-electron chi connectivity index (χ4n) is 1.35. The van der Waals surface area contributed by atoms with Gasteiger partial charge in [0.1, 0.15) is 12.7 Å². The average molecular weight is 286 g/mol. The van der Waals surface area contributed by atoms with Crippen LogP contribution in [0, 0.1) is 0 Å². The van der Waals surface area contributed by atoms with Crippen LogP contribution >= 0.6 is 0 Å². The van der Waals surface area contributed by atoms with E-state index >= 15 is 0 Å². The third kappa shape index (κ3) is 3.70. The monoisotopic (exact) mass is 286 g/mol. The molecule has 0 bridgehead atoms. The number of hydrogen-bond donors (Lipinski definition) is 1. The Hall–Kier alpha value is -2.58. The number of carbonyl (C=O) groups is 1. The molecule has 0 aliphatic carbocycles. The smallest absolute Gasteiger partial charge is 0.416 e. The number of hydrogen-bond acceptors (Lipinski definition) is 4. The third-order valence-electron chi connectivity index (χ3n) is 2.23. The molecule has 9 heteroatoms. The predicted octanol–water partition coefficient (Wildman–Crippen LogP) is 2.50. The molecule has 0 saturated heterocycles. The Morgan fingerprint density at radius 3 is 2.85 bits per heavy atom. The number of rotatable bonds is 3. The van der Waals surface area contributed by atoms with Crippen LogP contribution in [0.3, 0.4) is 0 Å². The van der Waals surface area contributed by atoms with Crippen molar-refractivity contribution in [2.24, 2.45) is 0 Å². The molecule has 1 aromatic carbocycles. The molecule has 6 nitrogen and oxygen atoms in total. The lowest BCUT2D eigenvalue weighted by molar-refractivity contribution is -0.137. The van der Waals surface area contributed by atoms with E-state index in [1.807, 2.05) is 0 Å². The summed E-state index contributed by atoms with van der Waals surface area (Å²) < 4.78 is 43.4. The zero-order chi connectivity index (χ0) is 14.6. The average Bonchev–Trinajstić information content (AvgIpc) is 2.89. The topological polar surface area (TPSA) is 69.0 Å². The van der Waals surface area contributed by atoms with Gasteiger partial charge in [-0.1, -0.05) is 6.07 Å². The minimum atomic E-state index is -4.47. The van der Waals surface area contributed by atoms with E-state index in [0.29, 0.717) is 0 Å². The molecule has 1 amide bonds. The normalized spacial score (nSPS) is 11.2. The number of benzene rings is 1. The Balaban J connectivity index is 1.94. The maximum atomic E-state index is 12.5. The summed E-state index contributed by atoms with van der Waals surface area (Å²) in [5.41, 5.74) is -0.866. The quantitative estimate of drug-likeness (QED) is 0.941. The number of halogens is 3. The Bertz CT molecular complexity index is 584. The van der Waals surface area contributed by atoms with Crippen LogP contribution in [-0.2, 0) is 17.6 Å². The van der Waals surface area contributed by atoms with E-state index in [0.717, 1.165) is 12.1 Å². The summed E-state index contributed by atoms with van der Waals surface area (Å²) in [6, 6.07) is 4.24. The fourth-order valence-corrected chi connectivity index (χ4v) is 1.35. The molecule has 0 spiro atoms. The highest BCUT2D eigenvalue weighted by Gasteiger charge is 2.30. The molecule has 106 valence electrons. The zero-order valence-electron chi connectivity index (χ0n) is 9.96. The number of ether oxygens (including phenoxy) is 1. The molecule has 0 aliphatic heterocycles. The molecule has 0 atom stereocenters. The molecular weight excluding hydrogens is 277 g/mol. The lowest BCUT2D eigenvalue weighted by atomic mass is 10.2. The highest BCUT2D eigenvalue weighted by Crippen LogP contribution is 2.30. The van der Waals surface area contributed by atoms with Crippen LogP contribution in [0.4, 0.5) is 23.7 Å². The first-order valence-electron chi connectivity index (χ1n) is 5.38. The molecule has 0 fully saturated rings. The van der Waals surface area contributed by atoms with Crippen LogP contribution in [0.1, 0.15) is 5.56 Å². The molecule has 2 aromatic rings. The van der Waals surface area contributed by atoms with Crippen LogP contribution < -0.4 is 5.32 Å². The second-order valence-corrected chi connectivity index (χ2v) is 3.70. The Morgan fingerprint density at radius 1 is 1.40 bits per heavy atom. The number of anilines is 1. The number of carbonyl (C=O) groups excluding carboxylic acids is 1. The van der Waals surface area contributed by atoms with Gasteiger partial charge in [0.15, 0.2) is 6.73 Å². The minimum Gasteiger partial charge on any atom is -0.426 e. The van der Waals surface area contributed by atoms with Gasteiger partial charge >= 0.3 is 12.3 Å². The number of alkyl halides is 3. The second-order valence-electron chi connectivity index (χ2n) is 3.70. The van der Waals surface area contributed by atoms with Crippen molar-refractivity contribution in [3.8, 4) is 0 Å². The van der Waals surface area contributed by atoms with Gasteiger partial charge in [-0.15, -0.1) is 0 Å². The molecule has 0 aliphatic rings. The van der Waals surface area contributed by atoms with Gasteiger partial charge in [0.05, 0.1) is 5.56 Å². The number of nitrogens with one attached hydrogen (secondary N) is 1. The second kappa shape index (κ2) is 5.59. The van der Waals surface area contributed by atoms with Crippen molar-refractivity contribution in [3.63, 3.8) is 0 Å². The van der Waals surface area contributed by atoms with Gasteiger partial charge in [-0.25, -0.2) is 14.5 Å². The van der Waals surface area contributed by atoms with Gasteiger partial charge in [-0.05, 0) is 18.2 Å². The van der Waals surface area contributed by atoms with Crippen LogP contribution in [0.25, 0.3) is 0 Å². The third-order valence-corrected chi connectivity index (χ3v) is 2.23. The SMILES string of the molecule is O=C(Nc1cccc(C(F)(F)F)c1)OCn1cncn1. The molecule has 20 heavy (non-hydrogen) atoms. The highest BCUT2D eigenvalue weighted by molar-refractivity contribution is 5.84. The van der Waals surface area contributed by atoms with Crippen molar-refractivity contribution in [1.29, 1.82) is 0 Å². The van der Waals surface area contributed by atoms with E-state index < -0.39 is 17.8 Å². The van der Waals surface area contributed by atoms with Crippen molar-refractivity contribution < 1.29 is 22.7 Å². The first-order chi connectivity index (χ1) is 9.45. The van der Waals surface area contributed by atoms with Crippen molar-refractivity contribution in [2.45, 2.75) is 12.9 Å². The molecule has 1 aromatic heterocycles. The maximum absolute atomic E-state index is 12.5. The van der Waals surface area contributed by atoms with Crippen LogP contribution in [0.2, 0.25) is 0 Å². The molecule has 0 unspecified atom stereocenters. The van der Waals surface area contributed by atoms with E-state index in [9.17, 15) is 18.0 Å². The zero-order valence-corrected chi connectivity index (χ0v) is 9.96. The number of amides is 1. The van der Waals surface area contributed by atoms with Crippen LogP contribution in [0.15, 0.2) is 36.9 Å². The maximum Gasteiger partial charge on any atom is 0.416 e. The summed E-state index contributed by atoms with van der Waals surface area (Å²) in [5, 5.41) is 5.89. The van der Waals surface area contributed by atoms with Gasteiger partial charge < -0.3 is 4.74 Å². The standard InChI is InChI=1S/C11H9F3N4O2/c12-11(13,14)8-2-1-3-9(4-8)17-10(19)20-7-18-6-15-5-16-18/h1-6H,7H2,(H,17,19). The van der Waals surface area contributed by atoms with Gasteiger partial charge in [-0.2, -0.15) is 18.3 Å². The van der Waals surface area contributed by atoms with E-state index in [1.54, 1.807) is 0 Å². The number of aromatic nitrogens is 3. The van der Waals surface area contributed by atoms with Crippen molar-refractivity contribution >= 4 is 11.8 Å². The fraction of sp³-hybridized carbons (Fsp3) is 0.182. The summed E-state index contributed by atoms with van der Waals surface area (Å²) in [5.74, 6) is 0. The summed E-state index contributed by atoms with van der Waals surface area (Å²) in [4.78, 5) is 15.0. The Morgan fingerprint density at radius 2 is 2.20 bits per heavy atom. The number of nitrogens with zero attached hydrogens (tertiary/aromatic N) is 3. The van der Waals surface area contributed by atoms with Crippen molar-refractivity contribution in [1.82, 2.24) is 14.8 Å². The van der Waals surface area contributed by atoms with Crippen molar-refractivity contribution in [2.75, 3.05) is 5.32 Å². The van der Waals surface area contributed by atoms with Crippen LogP contribution in [0.5, 0.6) is 0 Å². The first kappa shape index (κ1) is 13.8. The van der Waals surface area contributed by atoms with E-state index in [-0.39, 0.29) is 12.4 Å². The van der Waals surface area contributed by atoms with E-state index in [4.69, 9.17) is 4.74 Å². The van der Waals surface area contributed by atoms with Gasteiger partial charge in [0, 0.05) is 5.69 Å². The van der Waals surface area contributed by atoms with Crippen LogP contribution in [-0.4, -0.2) is 20.9 Å². The largest absolute Gasteiger partial charge is 0.426 e. The Labute approximate surface area is 111 Å². The minimum absolute atomic E-state index is 0.0107. The highest BCUT2D eigenvalue weighted by atomic mass is 19.4. The molecule has 1 heterocycles. The molecule has 2 rings (SSSR count). The Kier molecular flexibility index (Phi) is 3.87. The lowest BCUT2D eigenvalue weighted by Gasteiger charge is -2.10. The summed E-state index contributed by atoms with van der Waals surface area (Å²) in [6.07, 6.45) is -2.77. The van der Waals surface area contributed by atoms with E-state index in [2.05, 4.69) is 15.4 Å². The molecule has 0 radical (unpaired) electrons. The summed E-state index contributed by atoms with van der Waals surface area (Å²) >= 11 is 0. The van der Waals surface area contributed by atoms with Gasteiger partial charge in [-0.3, -0.25) is 5.32 Å². The predicted molar refractivity (Wildman–Crippen MR) is 61.6 cm³/mol. The summed E-state index contributed by atoms with van der Waals surface area (Å²) in [7, 11) is 0. The van der Waals surface area contributed by atoms with Crippen molar-refractivity contribution in [3.05, 3.63) is 42.5 Å². The molecular formula is C11H9F3N4O2. The van der Waals surface area contributed by atoms with Gasteiger partial charge in [0.25, 0.3) is 0 Å². The summed E-state index contributed by atoms with van der Waals surface area (Å²) in [6.45, 7) is -0.190. The van der Waals surface area contributed by atoms with Gasteiger partial charge in [0.2, 0.25) is 0 Å². The van der Waals surface area contributed by atoms with E-state index in [1.165, 1.54) is 29.5 Å². The molecule has 0 saturated carbocycles. The first-order valence-corrected chi connectivity index (χ1v) is 5.38.